The van der Waals surface area contributed by atoms with E-state index < -0.39 is 10.5 Å². The maximum Gasteiger partial charge on any atom is 0.292 e. The summed E-state index contributed by atoms with van der Waals surface area (Å²) in [5.41, 5.74) is 0.871. The molecule has 0 fully saturated rings. The Labute approximate surface area is 167 Å². The van der Waals surface area contributed by atoms with E-state index >= 15 is 0 Å². The maximum atomic E-state index is 12.8. The minimum Gasteiger partial charge on any atom is -0.366 e. The van der Waals surface area contributed by atoms with Gasteiger partial charge in [-0.3, -0.25) is 14.9 Å². The zero-order valence-electron chi connectivity index (χ0n) is 15.7. The zero-order chi connectivity index (χ0) is 20.2. The highest BCUT2D eigenvalue weighted by Gasteiger charge is 2.30. The van der Waals surface area contributed by atoms with Crippen LogP contribution in [-0.2, 0) is 11.3 Å². The monoisotopic (exact) mass is 434 g/mol. The van der Waals surface area contributed by atoms with E-state index in [1.54, 1.807) is 26.0 Å². The molecule has 0 aromatic heterocycles. The Morgan fingerprint density at radius 3 is 2.56 bits per heavy atom. The van der Waals surface area contributed by atoms with Crippen molar-refractivity contribution in [1.82, 2.24) is 4.90 Å². The SMILES string of the molecule is CN(C)Cc1cccc(NC(=O)C(C)(C)Nc2cc(Br)ccc2[N+](=O)[O-])c1. The van der Waals surface area contributed by atoms with Crippen molar-refractivity contribution in [3.8, 4) is 0 Å². The number of carbonyl (C=O) groups excluding carboxylic acids is 1. The van der Waals surface area contributed by atoms with Gasteiger partial charge in [-0.05, 0) is 57.8 Å². The van der Waals surface area contributed by atoms with Crippen molar-refractivity contribution in [2.24, 2.45) is 0 Å². The number of nitro groups is 1. The largest absolute Gasteiger partial charge is 0.366 e. The standard InChI is InChI=1S/C19H23BrN4O3/c1-19(2,22-16-11-14(20)8-9-17(16)24(26)27)18(25)21-15-7-5-6-13(10-15)12-23(3)4/h5-11,22H,12H2,1-4H3,(H,21,25). The van der Waals surface area contributed by atoms with E-state index in [0.717, 1.165) is 12.1 Å². The van der Waals surface area contributed by atoms with Gasteiger partial charge in [0.1, 0.15) is 11.2 Å². The van der Waals surface area contributed by atoms with Crippen LogP contribution in [0.4, 0.5) is 17.1 Å². The van der Waals surface area contributed by atoms with Crippen molar-refractivity contribution in [3.63, 3.8) is 0 Å². The summed E-state index contributed by atoms with van der Waals surface area (Å²) in [6, 6.07) is 12.2. The van der Waals surface area contributed by atoms with Crippen LogP contribution in [-0.4, -0.2) is 35.4 Å². The van der Waals surface area contributed by atoms with Crippen molar-refractivity contribution >= 4 is 38.9 Å². The second-order valence-electron chi connectivity index (χ2n) is 7.06. The predicted molar refractivity (Wildman–Crippen MR) is 111 cm³/mol. The second-order valence-corrected chi connectivity index (χ2v) is 7.98. The molecule has 2 aromatic rings. The van der Waals surface area contributed by atoms with Crippen LogP contribution in [0.25, 0.3) is 0 Å². The smallest absolute Gasteiger partial charge is 0.292 e. The van der Waals surface area contributed by atoms with E-state index in [9.17, 15) is 14.9 Å². The van der Waals surface area contributed by atoms with Crippen molar-refractivity contribution < 1.29 is 9.72 Å². The maximum absolute atomic E-state index is 12.8. The normalized spacial score (nSPS) is 11.3. The first-order chi connectivity index (χ1) is 12.6. The van der Waals surface area contributed by atoms with E-state index in [1.165, 1.54) is 6.07 Å². The van der Waals surface area contributed by atoms with Gasteiger partial charge in [0.05, 0.1) is 4.92 Å². The summed E-state index contributed by atoms with van der Waals surface area (Å²) >= 11 is 3.30. The Balaban J connectivity index is 2.19. The fraction of sp³-hybridized carbons (Fsp3) is 0.316. The van der Waals surface area contributed by atoms with E-state index in [1.807, 2.05) is 43.3 Å². The highest BCUT2D eigenvalue weighted by molar-refractivity contribution is 9.10. The van der Waals surface area contributed by atoms with Crippen LogP contribution >= 0.6 is 15.9 Å². The minimum absolute atomic E-state index is 0.0907. The number of nitro benzene ring substituents is 1. The molecule has 0 bridgehead atoms. The molecule has 7 nitrogen and oxygen atoms in total. The van der Waals surface area contributed by atoms with Crippen LogP contribution in [0.1, 0.15) is 19.4 Å². The molecule has 0 aliphatic carbocycles. The summed E-state index contributed by atoms with van der Waals surface area (Å²) in [5, 5.41) is 17.1. The third-order valence-electron chi connectivity index (χ3n) is 3.85. The lowest BCUT2D eigenvalue weighted by molar-refractivity contribution is -0.384. The molecule has 0 aliphatic rings. The molecule has 8 heteroatoms. The summed E-state index contributed by atoms with van der Waals surface area (Å²) < 4.78 is 0.684. The summed E-state index contributed by atoms with van der Waals surface area (Å²) in [6.07, 6.45) is 0. The van der Waals surface area contributed by atoms with Gasteiger partial charge in [-0.25, -0.2) is 0 Å². The van der Waals surface area contributed by atoms with E-state index in [2.05, 4.69) is 26.6 Å². The summed E-state index contributed by atoms with van der Waals surface area (Å²) in [6.45, 7) is 4.11. The van der Waals surface area contributed by atoms with Gasteiger partial charge in [0, 0.05) is 22.8 Å². The van der Waals surface area contributed by atoms with Gasteiger partial charge in [0.25, 0.3) is 5.69 Å². The average Bonchev–Trinajstić information content (AvgIpc) is 2.53. The number of nitrogens with one attached hydrogen (secondary N) is 2. The van der Waals surface area contributed by atoms with Crippen molar-refractivity contribution in [3.05, 3.63) is 62.6 Å². The van der Waals surface area contributed by atoms with Crippen molar-refractivity contribution in [2.75, 3.05) is 24.7 Å². The molecule has 144 valence electrons. The van der Waals surface area contributed by atoms with Gasteiger partial charge < -0.3 is 15.5 Å². The van der Waals surface area contributed by atoms with Gasteiger partial charge in [0.2, 0.25) is 5.91 Å². The van der Waals surface area contributed by atoms with Crippen LogP contribution in [0.3, 0.4) is 0 Å². The molecule has 0 atom stereocenters. The van der Waals surface area contributed by atoms with Crippen molar-refractivity contribution in [1.29, 1.82) is 0 Å². The number of benzene rings is 2. The van der Waals surface area contributed by atoms with Crippen LogP contribution in [0.2, 0.25) is 0 Å². The van der Waals surface area contributed by atoms with Crippen LogP contribution in [0, 0.1) is 10.1 Å². The third-order valence-corrected chi connectivity index (χ3v) is 4.35. The minimum atomic E-state index is -1.07. The fourth-order valence-electron chi connectivity index (χ4n) is 2.56. The summed E-state index contributed by atoms with van der Waals surface area (Å²) in [7, 11) is 3.95. The van der Waals surface area contributed by atoms with Gasteiger partial charge in [0.15, 0.2) is 0 Å². The zero-order valence-corrected chi connectivity index (χ0v) is 17.3. The summed E-state index contributed by atoms with van der Waals surface area (Å²) in [4.78, 5) is 25.6. The number of anilines is 2. The van der Waals surface area contributed by atoms with Crippen LogP contribution in [0.15, 0.2) is 46.9 Å². The Hall–Kier alpha value is -2.45. The highest BCUT2D eigenvalue weighted by Crippen LogP contribution is 2.30. The molecule has 2 rings (SSSR count). The Morgan fingerprint density at radius 1 is 1.22 bits per heavy atom. The lowest BCUT2D eigenvalue weighted by Gasteiger charge is -2.26. The first kappa shape index (κ1) is 20.9. The molecule has 2 aromatic carbocycles. The van der Waals surface area contributed by atoms with Crippen LogP contribution in [0.5, 0.6) is 0 Å². The van der Waals surface area contributed by atoms with E-state index in [-0.39, 0.29) is 17.3 Å². The number of carbonyl (C=O) groups is 1. The molecule has 27 heavy (non-hydrogen) atoms. The van der Waals surface area contributed by atoms with Gasteiger partial charge in [-0.2, -0.15) is 0 Å². The van der Waals surface area contributed by atoms with Crippen LogP contribution < -0.4 is 10.6 Å². The molecule has 0 unspecified atom stereocenters. The number of hydrogen-bond donors (Lipinski definition) is 2. The molecule has 1 amide bonds. The van der Waals surface area contributed by atoms with Crippen molar-refractivity contribution in [2.45, 2.75) is 25.9 Å². The average molecular weight is 435 g/mol. The highest BCUT2D eigenvalue weighted by atomic mass is 79.9. The molecular formula is C19H23BrN4O3. The molecule has 0 spiro atoms. The first-order valence-electron chi connectivity index (χ1n) is 8.36. The summed E-state index contributed by atoms with van der Waals surface area (Å²) in [5.74, 6) is -0.293. The Kier molecular flexibility index (Phi) is 6.56. The quantitative estimate of drug-likeness (QED) is 0.502. The molecule has 0 aliphatic heterocycles. The lowest BCUT2D eigenvalue weighted by atomic mass is 10.0. The topological polar surface area (TPSA) is 87.5 Å². The van der Waals surface area contributed by atoms with E-state index in [0.29, 0.717) is 10.2 Å². The number of amides is 1. The molecule has 0 saturated heterocycles. The lowest BCUT2D eigenvalue weighted by Crippen LogP contribution is -2.44. The first-order valence-corrected chi connectivity index (χ1v) is 9.15. The van der Waals surface area contributed by atoms with Gasteiger partial charge >= 0.3 is 0 Å². The number of nitrogens with zero attached hydrogens (tertiary/aromatic N) is 2. The number of rotatable bonds is 7. The van der Waals surface area contributed by atoms with Gasteiger partial charge in [-0.15, -0.1) is 0 Å². The molecule has 2 N–H and O–H groups in total. The Bertz CT molecular complexity index is 853. The van der Waals surface area contributed by atoms with E-state index in [4.69, 9.17) is 0 Å². The predicted octanol–water partition coefficient (Wildman–Crippen LogP) is 4.25. The van der Waals surface area contributed by atoms with Gasteiger partial charge in [-0.1, -0.05) is 28.1 Å². The number of halogens is 1. The molecule has 0 heterocycles. The molecule has 0 radical (unpaired) electrons. The fourth-order valence-corrected chi connectivity index (χ4v) is 2.92. The molecular weight excluding hydrogens is 412 g/mol. The number of hydrogen-bond acceptors (Lipinski definition) is 5. The third kappa shape index (κ3) is 5.77. The Morgan fingerprint density at radius 2 is 1.93 bits per heavy atom. The second kappa shape index (κ2) is 8.49. The molecule has 0 saturated carbocycles.